The molecule has 2 aromatic carbocycles. The van der Waals surface area contributed by atoms with Crippen LogP contribution in [0.3, 0.4) is 0 Å². The summed E-state index contributed by atoms with van der Waals surface area (Å²) in [7, 11) is 0. The van der Waals surface area contributed by atoms with Crippen molar-refractivity contribution < 1.29 is 19.1 Å². The molecule has 6 nitrogen and oxygen atoms in total. The molecule has 0 bridgehead atoms. The van der Waals surface area contributed by atoms with E-state index in [0.29, 0.717) is 18.0 Å². The van der Waals surface area contributed by atoms with Gasteiger partial charge in [-0.3, -0.25) is 14.5 Å². The highest BCUT2D eigenvalue weighted by Crippen LogP contribution is 2.35. The maximum absolute atomic E-state index is 13.1. The summed E-state index contributed by atoms with van der Waals surface area (Å²) in [6.45, 7) is 3.12. The van der Waals surface area contributed by atoms with Crippen LogP contribution in [0.15, 0.2) is 54.3 Å². The Hall–Kier alpha value is -3.12. The van der Waals surface area contributed by atoms with Gasteiger partial charge in [0.15, 0.2) is 11.5 Å². The number of rotatable bonds is 5. The number of fused-ring (bicyclic) bond motifs is 1. The van der Waals surface area contributed by atoms with Crippen molar-refractivity contribution in [3.63, 3.8) is 0 Å². The van der Waals surface area contributed by atoms with E-state index < -0.39 is 0 Å². The minimum Gasteiger partial charge on any atom is -0.449 e. The molecule has 0 spiro atoms. The van der Waals surface area contributed by atoms with Crippen LogP contribution in [0.2, 0.25) is 0 Å². The molecule has 1 unspecified atom stereocenters. The van der Waals surface area contributed by atoms with Crippen LogP contribution in [0.1, 0.15) is 24.0 Å². The third-order valence-electron chi connectivity index (χ3n) is 5.02. The SMILES string of the molecule is Cc1cccc(C=C2Oc3ccccc3N(CC(=O)NCC3CCCO3)C2=O)c1. The Morgan fingerprint density at radius 3 is 2.90 bits per heavy atom. The van der Waals surface area contributed by atoms with Crippen molar-refractivity contribution in [2.75, 3.05) is 24.6 Å². The van der Waals surface area contributed by atoms with Crippen LogP contribution in [-0.2, 0) is 14.3 Å². The lowest BCUT2D eigenvalue weighted by Gasteiger charge is -2.30. The van der Waals surface area contributed by atoms with Gasteiger partial charge in [-0.15, -0.1) is 0 Å². The largest absolute Gasteiger partial charge is 0.449 e. The first-order chi connectivity index (χ1) is 14.1. The fourth-order valence-corrected chi connectivity index (χ4v) is 3.56. The van der Waals surface area contributed by atoms with Gasteiger partial charge in [-0.05, 0) is 43.5 Å². The first kappa shape index (κ1) is 19.2. The minimum absolute atomic E-state index is 0.0587. The number of para-hydroxylation sites is 2. The van der Waals surface area contributed by atoms with E-state index in [0.717, 1.165) is 30.6 Å². The van der Waals surface area contributed by atoms with Gasteiger partial charge in [0.25, 0.3) is 5.91 Å². The maximum atomic E-state index is 13.1. The third kappa shape index (κ3) is 4.49. The zero-order valence-electron chi connectivity index (χ0n) is 16.4. The lowest BCUT2D eigenvalue weighted by molar-refractivity contribution is -0.123. The molecule has 1 saturated heterocycles. The first-order valence-corrected chi connectivity index (χ1v) is 9.85. The van der Waals surface area contributed by atoms with Crippen LogP contribution in [0.4, 0.5) is 5.69 Å². The second-order valence-corrected chi connectivity index (χ2v) is 7.32. The molecule has 6 heteroatoms. The highest BCUT2D eigenvalue weighted by atomic mass is 16.5. The van der Waals surface area contributed by atoms with Gasteiger partial charge >= 0.3 is 0 Å². The van der Waals surface area contributed by atoms with Gasteiger partial charge in [0.1, 0.15) is 6.54 Å². The first-order valence-electron chi connectivity index (χ1n) is 9.85. The zero-order valence-corrected chi connectivity index (χ0v) is 16.4. The quantitative estimate of drug-likeness (QED) is 0.794. The minimum atomic E-state index is -0.336. The van der Waals surface area contributed by atoms with Crippen molar-refractivity contribution in [1.29, 1.82) is 0 Å². The van der Waals surface area contributed by atoms with E-state index in [1.807, 2.05) is 43.3 Å². The Morgan fingerprint density at radius 2 is 2.10 bits per heavy atom. The average molecular weight is 392 g/mol. The molecule has 4 rings (SSSR count). The molecule has 0 saturated carbocycles. The molecule has 2 aromatic rings. The molecular formula is C23H24N2O4. The van der Waals surface area contributed by atoms with Crippen molar-refractivity contribution in [1.82, 2.24) is 5.32 Å². The predicted octanol–water partition coefficient (Wildman–Crippen LogP) is 3.06. The summed E-state index contributed by atoms with van der Waals surface area (Å²) in [5.41, 5.74) is 2.55. The number of aryl methyl sites for hydroxylation is 1. The number of benzene rings is 2. The van der Waals surface area contributed by atoms with E-state index in [9.17, 15) is 9.59 Å². The average Bonchev–Trinajstić information content (AvgIpc) is 3.23. The molecule has 0 aromatic heterocycles. The van der Waals surface area contributed by atoms with Crippen LogP contribution in [-0.4, -0.2) is 37.6 Å². The fraction of sp³-hybridized carbons (Fsp3) is 0.304. The zero-order chi connectivity index (χ0) is 20.2. The summed E-state index contributed by atoms with van der Waals surface area (Å²) in [6, 6.07) is 15.0. The summed E-state index contributed by atoms with van der Waals surface area (Å²) in [4.78, 5) is 27.1. The number of carbonyl (C=O) groups is 2. The molecule has 1 atom stereocenters. The number of hydrogen-bond acceptors (Lipinski definition) is 4. The van der Waals surface area contributed by atoms with Crippen LogP contribution in [0.25, 0.3) is 6.08 Å². The summed E-state index contributed by atoms with van der Waals surface area (Å²) in [5.74, 6) is 0.192. The normalized spacial score (nSPS) is 19.8. The molecule has 2 aliphatic heterocycles. The monoisotopic (exact) mass is 392 g/mol. The van der Waals surface area contributed by atoms with Gasteiger partial charge in [-0.1, -0.05) is 42.0 Å². The van der Waals surface area contributed by atoms with E-state index >= 15 is 0 Å². The van der Waals surface area contributed by atoms with Gasteiger partial charge in [0.2, 0.25) is 5.91 Å². The smallest absolute Gasteiger partial charge is 0.294 e. The number of hydrogen-bond donors (Lipinski definition) is 1. The lowest BCUT2D eigenvalue weighted by atomic mass is 10.1. The topological polar surface area (TPSA) is 67.9 Å². The Labute approximate surface area is 170 Å². The number of amides is 2. The van der Waals surface area contributed by atoms with Crippen molar-refractivity contribution in [2.45, 2.75) is 25.9 Å². The Morgan fingerprint density at radius 1 is 1.24 bits per heavy atom. The van der Waals surface area contributed by atoms with Gasteiger partial charge in [0, 0.05) is 13.2 Å². The summed E-state index contributed by atoms with van der Waals surface area (Å²) >= 11 is 0. The second-order valence-electron chi connectivity index (χ2n) is 7.32. The van der Waals surface area contributed by atoms with E-state index in [-0.39, 0.29) is 30.2 Å². The van der Waals surface area contributed by atoms with E-state index in [1.165, 1.54) is 4.90 Å². The molecule has 1 N–H and O–H groups in total. The fourth-order valence-electron chi connectivity index (χ4n) is 3.56. The van der Waals surface area contributed by atoms with Gasteiger partial charge in [-0.25, -0.2) is 0 Å². The molecule has 0 aliphatic carbocycles. The third-order valence-corrected chi connectivity index (χ3v) is 5.02. The van der Waals surface area contributed by atoms with E-state index in [1.54, 1.807) is 18.2 Å². The Kier molecular flexibility index (Phi) is 5.62. The van der Waals surface area contributed by atoms with Crippen LogP contribution in [0.5, 0.6) is 5.75 Å². The van der Waals surface area contributed by atoms with Gasteiger partial charge < -0.3 is 14.8 Å². The van der Waals surface area contributed by atoms with Crippen molar-refractivity contribution >= 4 is 23.6 Å². The predicted molar refractivity (Wildman–Crippen MR) is 111 cm³/mol. The maximum Gasteiger partial charge on any atom is 0.294 e. The van der Waals surface area contributed by atoms with Gasteiger partial charge in [0.05, 0.1) is 11.8 Å². The number of nitrogens with one attached hydrogen (secondary N) is 1. The molecule has 150 valence electrons. The van der Waals surface area contributed by atoms with Crippen molar-refractivity contribution in [3.05, 3.63) is 65.4 Å². The van der Waals surface area contributed by atoms with Crippen LogP contribution in [0, 0.1) is 6.92 Å². The second kappa shape index (κ2) is 8.49. The Balaban J connectivity index is 1.54. The van der Waals surface area contributed by atoms with Crippen molar-refractivity contribution in [3.8, 4) is 5.75 Å². The molecule has 2 heterocycles. The highest BCUT2D eigenvalue weighted by Gasteiger charge is 2.31. The molecule has 1 fully saturated rings. The molecule has 2 amide bonds. The van der Waals surface area contributed by atoms with Crippen molar-refractivity contribution in [2.24, 2.45) is 0 Å². The van der Waals surface area contributed by atoms with Gasteiger partial charge in [-0.2, -0.15) is 0 Å². The van der Waals surface area contributed by atoms with E-state index in [2.05, 4.69) is 5.32 Å². The number of ether oxygens (including phenoxy) is 2. The van der Waals surface area contributed by atoms with Crippen LogP contribution < -0.4 is 15.0 Å². The number of carbonyl (C=O) groups excluding carboxylic acids is 2. The molecular weight excluding hydrogens is 368 g/mol. The molecule has 2 aliphatic rings. The molecule has 0 radical (unpaired) electrons. The summed E-state index contributed by atoms with van der Waals surface area (Å²) in [5, 5.41) is 2.88. The lowest BCUT2D eigenvalue weighted by Crippen LogP contribution is -2.45. The standard InChI is InChI=1S/C23H24N2O4/c1-16-6-4-7-17(12-16)13-21-23(27)25(19-9-2-3-10-20(19)29-21)15-22(26)24-14-18-8-5-11-28-18/h2-4,6-7,9-10,12-13,18H,5,8,11,14-15H2,1H3,(H,24,26). The van der Waals surface area contributed by atoms with Crippen LogP contribution >= 0.6 is 0 Å². The Bertz CT molecular complexity index is 947. The summed E-state index contributed by atoms with van der Waals surface area (Å²) < 4.78 is 11.4. The number of anilines is 1. The number of nitrogens with zero attached hydrogens (tertiary/aromatic N) is 1. The summed E-state index contributed by atoms with van der Waals surface area (Å²) in [6.07, 6.45) is 3.73. The van der Waals surface area contributed by atoms with E-state index in [4.69, 9.17) is 9.47 Å². The highest BCUT2D eigenvalue weighted by molar-refractivity contribution is 6.12. The molecule has 29 heavy (non-hydrogen) atoms.